The number of anilines is 1. The van der Waals surface area contributed by atoms with Crippen LogP contribution in [0.4, 0.5) is 5.00 Å². The van der Waals surface area contributed by atoms with Crippen molar-refractivity contribution in [3.63, 3.8) is 0 Å². The molecule has 8 nitrogen and oxygen atoms in total. The van der Waals surface area contributed by atoms with Crippen LogP contribution in [0.15, 0.2) is 24.3 Å². The minimum absolute atomic E-state index is 0.0881. The van der Waals surface area contributed by atoms with Crippen LogP contribution in [0, 0.1) is 18.3 Å². The summed E-state index contributed by atoms with van der Waals surface area (Å²) in [6.07, 6.45) is -0.137. The lowest BCUT2D eigenvalue weighted by atomic mass is 10.1. The number of ether oxygens (including phenoxy) is 1. The van der Waals surface area contributed by atoms with Gasteiger partial charge in [0.15, 0.2) is 0 Å². The van der Waals surface area contributed by atoms with Crippen molar-refractivity contribution in [1.82, 2.24) is 4.90 Å². The highest BCUT2D eigenvalue weighted by Gasteiger charge is 2.35. The molecule has 1 aliphatic rings. The highest BCUT2D eigenvalue weighted by molar-refractivity contribution is 7.18. The normalized spacial score (nSPS) is 12.5. The van der Waals surface area contributed by atoms with Crippen LogP contribution < -0.4 is 5.32 Å². The molecule has 0 saturated carbocycles. The summed E-state index contributed by atoms with van der Waals surface area (Å²) in [7, 11) is 0. The number of imide groups is 1. The van der Waals surface area contributed by atoms with Gasteiger partial charge in [-0.1, -0.05) is 12.1 Å². The predicted octanol–water partition coefficient (Wildman–Crippen LogP) is 2.73. The Balaban J connectivity index is 1.69. The molecule has 1 aromatic carbocycles. The van der Waals surface area contributed by atoms with E-state index in [4.69, 9.17) is 4.74 Å². The average Bonchev–Trinajstić information content (AvgIpc) is 3.14. The van der Waals surface area contributed by atoms with Crippen LogP contribution in [0.25, 0.3) is 0 Å². The van der Waals surface area contributed by atoms with Gasteiger partial charge in [-0.3, -0.25) is 19.3 Å². The Morgan fingerprint density at radius 1 is 1.21 bits per heavy atom. The first-order chi connectivity index (χ1) is 13.9. The lowest BCUT2D eigenvalue weighted by Gasteiger charge is -2.13. The molecule has 3 amide bonds. The van der Waals surface area contributed by atoms with Crippen molar-refractivity contribution in [3.8, 4) is 6.07 Å². The average molecular weight is 411 g/mol. The predicted molar refractivity (Wildman–Crippen MR) is 105 cm³/mol. The first-order valence-corrected chi connectivity index (χ1v) is 9.66. The van der Waals surface area contributed by atoms with E-state index in [1.165, 1.54) is 0 Å². The van der Waals surface area contributed by atoms with E-state index in [-0.39, 0.29) is 35.0 Å². The number of thiophene rings is 1. The first-order valence-electron chi connectivity index (χ1n) is 8.84. The molecule has 1 aliphatic heterocycles. The van der Waals surface area contributed by atoms with Gasteiger partial charge in [0.25, 0.3) is 11.8 Å². The molecule has 0 aliphatic carbocycles. The molecular formula is C20H17N3O5S. The van der Waals surface area contributed by atoms with E-state index in [1.54, 1.807) is 38.1 Å². The number of rotatable bonds is 6. The van der Waals surface area contributed by atoms with Crippen LogP contribution in [0.5, 0.6) is 0 Å². The second kappa shape index (κ2) is 8.24. The van der Waals surface area contributed by atoms with Crippen LogP contribution in [-0.4, -0.2) is 41.7 Å². The minimum Gasteiger partial charge on any atom is -0.462 e. The van der Waals surface area contributed by atoms with Crippen LogP contribution >= 0.6 is 11.3 Å². The topological polar surface area (TPSA) is 117 Å². The SMILES string of the molecule is CCOC(=O)c1sc(NC(=O)CCN2C(=O)c3ccccc3C2=O)c(C#N)c1C. The summed E-state index contributed by atoms with van der Waals surface area (Å²) in [6.45, 7) is 3.39. The highest BCUT2D eigenvalue weighted by Crippen LogP contribution is 2.33. The molecule has 1 aromatic heterocycles. The van der Waals surface area contributed by atoms with Crippen molar-refractivity contribution in [1.29, 1.82) is 5.26 Å². The second-order valence-corrected chi connectivity index (χ2v) is 7.22. The van der Waals surface area contributed by atoms with Gasteiger partial charge in [0, 0.05) is 13.0 Å². The summed E-state index contributed by atoms with van der Waals surface area (Å²) in [5.41, 5.74) is 1.26. The van der Waals surface area contributed by atoms with E-state index in [0.717, 1.165) is 16.2 Å². The molecule has 0 saturated heterocycles. The van der Waals surface area contributed by atoms with Gasteiger partial charge in [-0.2, -0.15) is 5.26 Å². The largest absolute Gasteiger partial charge is 0.462 e. The number of nitrogens with zero attached hydrogens (tertiary/aromatic N) is 2. The molecule has 0 fully saturated rings. The first kappa shape index (κ1) is 20.2. The summed E-state index contributed by atoms with van der Waals surface area (Å²) in [5, 5.41) is 12.2. The Labute approximate surface area is 170 Å². The third-order valence-corrected chi connectivity index (χ3v) is 5.60. The van der Waals surface area contributed by atoms with E-state index >= 15 is 0 Å². The van der Waals surface area contributed by atoms with E-state index in [0.29, 0.717) is 16.7 Å². The summed E-state index contributed by atoms with van der Waals surface area (Å²) in [6, 6.07) is 8.46. The minimum atomic E-state index is -0.557. The zero-order valence-electron chi connectivity index (χ0n) is 15.8. The summed E-state index contributed by atoms with van der Waals surface area (Å²) < 4.78 is 4.96. The fraction of sp³-hybridized carbons (Fsp3) is 0.250. The summed E-state index contributed by atoms with van der Waals surface area (Å²) in [4.78, 5) is 50.3. The zero-order chi connectivity index (χ0) is 21.1. The molecule has 0 unspecified atom stereocenters. The zero-order valence-corrected chi connectivity index (χ0v) is 16.6. The number of esters is 1. The third-order valence-electron chi connectivity index (χ3n) is 4.41. The number of fused-ring (bicyclic) bond motifs is 1. The molecule has 1 N–H and O–H groups in total. The van der Waals surface area contributed by atoms with Crippen LogP contribution in [-0.2, 0) is 9.53 Å². The van der Waals surface area contributed by atoms with Crippen molar-refractivity contribution in [2.24, 2.45) is 0 Å². The molecule has 0 radical (unpaired) electrons. The maximum atomic E-state index is 12.4. The molecule has 3 rings (SSSR count). The van der Waals surface area contributed by atoms with Crippen molar-refractivity contribution >= 4 is 40.0 Å². The van der Waals surface area contributed by atoms with E-state index < -0.39 is 23.7 Å². The van der Waals surface area contributed by atoms with Gasteiger partial charge in [0.1, 0.15) is 15.9 Å². The molecule has 0 bridgehead atoms. The fourth-order valence-corrected chi connectivity index (χ4v) is 4.04. The van der Waals surface area contributed by atoms with Crippen molar-refractivity contribution < 1.29 is 23.9 Å². The Hall–Kier alpha value is -3.51. The molecular weight excluding hydrogens is 394 g/mol. The van der Waals surface area contributed by atoms with Gasteiger partial charge in [-0.05, 0) is 31.5 Å². The molecule has 0 atom stereocenters. The fourth-order valence-electron chi connectivity index (χ4n) is 2.97. The van der Waals surface area contributed by atoms with Crippen molar-refractivity contribution in [3.05, 3.63) is 51.4 Å². The molecule has 148 valence electrons. The quantitative estimate of drug-likeness (QED) is 0.577. The molecule has 9 heteroatoms. The molecule has 0 spiro atoms. The van der Waals surface area contributed by atoms with Crippen LogP contribution in [0.1, 0.15) is 54.9 Å². The van der Waals surface area contributed by atoms with Gasteiger partial charge in [-0.15, -0.1) is 11.3 Å². The van der Waals surface area contributed by atoms with Crippen LogP contribution in [0.2, 0.25) is 0 Å². The van der Waals surface area contributed by atoms with Gasteiger partial charge < -0.3 is 10.1 Å². The van der Waals surface area contributed by atoms with Crippen molar-refractivity contribution in [2.45, 2.75) is 20.3 Å². The standard InChI is InChI=1S/C20H17N3O5S/c1-3-28-20(27)16-11(2)14(10-21)17(29-16)22-15(24)8-9-23-18(25)12-6-4-5-7-13(12)19(23)26/h4-7H,3,8-9H2,1-2H3,(H,22,24). The van der Waals surface area contributed by atoms with Gasteiger partial charge in [0.05, 0.1) is 23.3 Å². The van der Waals surface area contributed by atoms with E-state index in [2.05, 4.69) is 5.32 Å². The summed E-state index contributed by atoms with van der Waals surface area (Å²) in [5.74, 6) is -1.91. The maximum Gasteiger partial charge on any atom is 0.348 e. The van der Waals surface area contributed by atoms with Gasteiger partial charge in [0.2, 0.25) is 5.91 Å². The number of hydrogen-bond acceptors (Lipinski definition) is 7. The van der Waals surface area contributed by atoms with Crippen LogP contribution in [0.3, 0.4) is 0 Å². The van der Waals surface area contributed by atoms with Crippen molar-refractivity contribution in [2.75, 3.05) is 18.5 Å². The van der Waals surface area contributed by atoms with E-state index in [1.807, 2.05) is 6.07 Å². The number of benzene rings is 1. The lowest BCUT2D eigenvalue weighted by Crippen LogP contribution is -2.32. The Morgan fingerprint density at radius 2 is 1.83 bits per heavy atom. The monoisotopic (exact) mass is 411 g/mol. The number of nitriles is 1. The van der Waals surface area contributed by atoms with E-state index in [9.17, 15) is 24.4 Å². The molecule has 2 heterocycles. The lowest BCUT2D eigenvalue weighted by molar-refractivity contribution is -0.116. The number of carbonyl (C=O) groups is 4. The highest BCUT2D eigenvalue weighted by atomic mass is 32.1. The Bertz CT molecular complexity index is 1030. The maximum absolute atomic E-state index is 12.4. The Morgan fingerprint density at radius 3 is 2.38 bits per heavy atom. The summed E-state index contributed by atoms with van der Waals surface area (Å²) >= 11 is 0.960. The second-order valence-electron chi connectivity index (χ2n) is 6.20. The van der Waals surface area contributed by atoms with Gasteiger partial charge >= 0.3 is 5.97 Å². The third kappa shape index (κ3) is 3.75. The molecule has 2 aromatic rings. The smallest absolute Gasteiger partial charge is 0.348 e. The number of amides is 3. The van der Waals surface area contributed by atoms with Gasteiger partial charge in [-0.25, -0.2) is 4.79 Å². The number of hydrogen-bond donors (Lipinski definition) is 1. The number of carbonyl (C=O) groups excluding carboxylic acids is 4. The Kier molecular flexibility index (Phi) is 5.75. The molecule has 29 heavy (non-hydrogen) atoms. The number of nitrogens with one attached hydrogen (secondary N) is 1.